The average Bonchev–Trinajstić information content (AvgIpc) is 1.99. The molecule has 0 aromatic heterocycles. The van der Waals surface area contributed by atoms with Crippen molar-refractivity contribution in [3.8, 4) is 0 Å². The number of carbonyl (C=O) groups excluding carboxylic acids is 1. The number of hydrogen-bond acceptors (Lipinski definition) is 4. The van der Waals surface area contributed by atoms with Crippen molar-refractivity contribution in [2.75, 3.05) is 13.1 Å². The van der Waals surface area contributed by atoms with Crippen LogP contribution in [0.1, 0.15) is 33.6 Å². The molecule has 15 heavy (non-hydrogen) atoms. The van der Waals surface area contributed by atoms with Gasteiger partial charge in [0.2, 0.25) is 0 Å². The summed E-state index contributed by atoms with van der Waals surface area (Å²) in [6.45, 7) is 6.62. The first-order chi connectivity index (χ1) is 6.87. The van der Waals surface area contributed by atoms with Crippen LogP contribution in [-0.4, -0.2) is 41.1 Å². The van der Waals surface area contributed by atoms with Crippen molar-refractivity contribution in [1.82, 2.24) is 10.4 Å². The highest BCUT2D eigenvalue weighted by atomic mass is 16.6. The molecular formula is C10H20N2O3. The van der Waals surface area contributed by atoms with Gasteiger partial charge in [-0.25, -0.2) is 4.79 Å². The van der Waals surface area contributed by atoms with Crippen LogP contribution in [0.3, 0.4) is 0 Å². The van der Waals surface area contributed by atoms with E-state index in [4.69, 9.17) is 4.74 Å². The Morgan fingerprint density at radius 3 is 2.73 bits per heavy atom. The highest BCUT2D eigenvalue weighted by Crippen LogP contribution is 2.10. The van der Waals surface area contributed by atoms with Crippen molar-refractivity contribution in [3.63, 3.8) is 0 Å². The highest BCUT2D eigenvalue weighted by Gasteiger charge is 2.23. The van der Waals surface area contributed by atoms with Gasteiger partial charge in [0.15, 0.2) is 0 Å². The van der Waals surface area contributed by atoms with Crippen molar-refractivity contribution >= 4 is 6.09 Å². The molecule has 2 N–H and O–H groups in total. The largest absolute Gasteiger partial charge is 0.444 e. The Labute approximate surface area is 90.4 Å². The molecule has 1 aliphatic rings. The summed E-state index contributed by atoms with van der Waals surface area (Å²) in [6, 6.07) is -0.0152. The Balaban J connectivity index is 2.31. The van der Waals surface area contributed by atoms with E-state index in [1.165, 1.54) is 5.06 Å². The fraction of sp³-hybridized carbons (Fsp3) is 0.900. The van der Waals surface area contributed by atoms with Crippen LogP contribution >= 0.6 is 0 Å². The third kappa shape index (κ3) is 4.99. The summed E-state index contributed by atoms with van der Waals surface area (Å²) >= 11 is 0. The van der Waals surface area contributed by atoms with Gasteiger partial charge >= 0.3 is 6.09 Å². The molecule has 1 fully saturated rings. The topological polar surface area (TPSA) is 61.8 Å². The lowest BCUT2D eigenvalue weighted by Crippen LogP contribution is -2.47. The molecule has 1 saturated heterocycles. The summed E-state index contributed by atoms with van der Waals surface area (Å²) in [4.78, 5) is 11.4. The van der Waals surface area contributed by atoms with Gasteiger partial charge in [-0.2, -0.15) is 5.06 Å². The predicted molar refractivity (Wildman–Crippen MR) is 55.8 cm³/mol. The van der Waals surface area contributed by atoms with E-state index in [0.717, 1.165) is 12.8 Å². The molecule has 1 atom stereocenters. The number of hydrogen-bond donors (Lipinski definition) is 2. The molecule has 1 unspecified atom stereocenters. The number of alkyl carbamates (subject to hydrolysis) is 1. The van der Waals surface area contributed by atoms with Gasteiger partial charge in [0.1, 0.15) is 5.60 Å². The second kappa shape index (κ2) is 4.81. The van der Waals surface area contributed by atoms with E-state index in [2.05, 4.69) is 5.32 Å². The highest BCUT2D eigenvalue weighted by molar-refractivity contribution is 5.68. The van der Waals surface area contributed by atoms with Crippen LogP contribution in [0.2, 0.25) is 0 Å². The first-order valence-corrected chi connectivity index (χ1v) is 5.30. The first-order valence-electron chi connectivity index (χ1n) is 5.30. The Morgan fingerprint density at radius 1 is 1.53 bits per heavy atom. The fourth-order valence-electron chi connectivity index (χ4n) is 1.55. The van der Waals surface area contributed by atoms with Crippen LogP contribution < -0.4 is 5.32 Å². The van der Waals surface area contributed by atoms with E-state index >= 15 is 0 Å². The van der Waals surface area contributed by atoms with Crippen LogP contribution in [-0.2, 0) is 4.74 Å². The lowest BCUT2D eigenvalue weighted by atomic mass is 10.1. The van der Waals surface area contributed by atoms with Gasteiger partial charge in [0.25, 0.3) is 0 Å². The minimum Gasteiger partial charge on any atom is -0.444 e. The molecule has 5 nitrogen and oxygen atoms in total. The Morgan fingerprint density at radius 2 is 2.20 bits per heavy atom. The number of rotatable bonds is 1. The molecule has 5 heteroatoms. The number of piperidine rings is 1. The van der Waals surface area contributed by atoms with E-state index in [-0.39, 0.29) is 6.04 Å². The van der Waals surface area contributed by atoms with Gasteiger partial charge in [0, 0.05) is 19.1 Å². The van der Waals surface area contributed by atoms with Crippen molar-refractivity contribution < 1.29 is 14.7 Å². The monoisotopic (exact) mass is 216 g/mol. The molecule has 0 aliphatic carbocycles. The zero-order chi connectivity index (χ0) is 11.5. The molecule has 1 amide bonds. The fourth-order valence-corrected chi connectivity index (χ4v) is 1.55. The smallest absolute Gasteiger partial charge is 0.407 e. The summed E-state index contributed by atoms with van der Waals surface area (Å²) in [7, 11) is 0. The number of amides is 1. The Kier molecular flexibility index (Phi) is 3.93. The molecule has 1 aliphatic heterocycles. The van der Waals surface area contributed by atoms with E-state index in [9.17, 15) is 10.0 Å². The summed E-state index contributed by atoms with van der Waals surface area (Å²) < 4.78 is 5.13. The maximum atomic E-state index is 11.4. The van der Waals surface area contributed by atoms with Crippen LogP contribution in [0.15, 0.2) is 0 Å². The SMILES string of the molecule is CC(C)(C)OC(=O)NC1CCCN(O)C1. The van der Waals surface area contributed by atoms with Crippen LogP contribution in [0.4, 0.5) is 4.79 Å². The number of ether oxygens (including phenoxy) is 1. The second-order valence-electron chi connectivity index (χ2n) is 4.90. The van der Waals surface area contributed by atoms with Crippen molar-refractivity contribution in [2.24, 2.45) is 0 Å². The molecule has 0 aromatic carbocycles. The molecule has 0 saturated carbocycles. The quantitative estimate of drug-likeness (QED) is 0.695. The predicted octanol–water partition coefficient (Wildman–Crippen LogP) is 1.36. The maximum Gasteiger partial charge on any atom is 0.407 e. The Bertz CT molecular complexity index is 225. The standard InChI is InChI=1S/C10H20N2O3/c1-10(2,3)15-9(13)11-8-5-4-6-12(14)7-8/h8,14H,4-7H2,1-3H3,(H,11,13). The molecular weight excluding hydrogens is 196 g/mol. The number of nitrogens with zero attached hydrogens (tertiary/aromatic N) is 1. The van der Waals surface area contributed by atoms with Crippen LogP contribution in [0.5, 0.6) is 0 Å². The molecule has 1 rings (SSSR count). The second-order valence-corrected chi connectivity index (χ2v) is 4.90. The van der Waals surface area contributed by atoms with E-state index in [1.54, 1.807) is 0 Å². The maximum absolute atomic E-state index is 11.4. The zero-order valence-corrected chi connectivity index (χ0v) is 9.62. The summed E-state index contributed by atoms with van der Waals surface area (Å²) in [6.07, 6.45) is 1.36. The van der Waals surface area contributed by atoms with Gasteiger partial charge in [0.05, 0.1) is 0 Å². The number of nitrogens with one attached hydrogen (secondary N) is 1. The van der Waals surface area contributed by atoms with Gasteiger partial charge in [-0.3, -0.25) is 0 Å². The van der Waals surface area contributed by atoms with E-state index in [0.29, 0.717) is 13.1 Å². The molecule has 0 aromatic rings. The summed E-state index contributed by atoms with van der Waals surface area (Å²) in [5, 5.41) is 13.2. The summed E-state index contributed by atoms with van der Waals surface area (Å²) in [5.74, 6) is 0. The van der Waals surface area contributed by atoms with Gasteiger partial charge in [-0.05, 0) is 33.6 Å². The van der Waals surface area contributed by atoms with Gasteiger partial charge in [-0.15, -0.1) is 0 Å². The van der Waals surface area contributed by atoms with Crippen molar-refractivity contribution in [1.29, 1.82) is 0 Å². The van der Waals surface area contributed by atoms with E-state index < -0.39 is 11.7 Å². The zero-order valence-electron chi connectivity index (χ0n) is 9.62. The third-order valence-electron chi connectivity index (χ3n) is 2.12. The summed E-state index contributed by atoms with van der Waals surface area (Å²) in [5.41, 5.74) is -0.475. The van der Waals surface area contributed by atoms with Crippen LogP contribution in [0, 0.1) is 0 Å². The van der Waals surface area contributed by atoms with Crippen molar-refractivity contribution in [2.45, 2.75) is 45.3 Å². The minimum absolute atomic E-state index is 0.0152. The van der Waals surface area contributed by atoms with Gasteiger partial charge < -0.3 is 15.3 Å². The minimum atomic E-state index is -0.475. The molecule has 1 heterocycles. The lowest BCUT2D eigenvalue weighted by molar-refractivity contribution is -0.110. The normalized spacial score (nSPS) is 23.6. The lowest BCUT2D eigenvalue weighted by Gasteiger charge is -2.29. The van der Waals surface area contributed by atoms with Crippen molar-refractivity contribution in [3.05, 3.63) is 0 Å². The molecule has 0 spiro atoms. The molecule has 0 radical (unpaired) electrons. The van der Waals surface area contributed by atoms with Gasteiger partial charge in [-0.1, -0.05) is 0 Å². The first kappa shape index (κ1) is 12.3. The molecule has 0 bridgehead atoms. The number of carbonyl (C=O) groups is 1. The van der Waals surface area contributed by atoms with Crippen LogP contribution in [0.25, 0.3) is 0 Å². The van der Waals surface area contributed by atoms with E-state index in [1.807, 2.05) is 20.8 Å². The molecule has 88 valence electrons. The third-order valence-corrected chi connectivity index (χ3v) is 2.12. The number of hydroxylamine groups is 2. The average molecular weight is 216 g/mol. The Hall–Kier alpha value is -0.810.